The van der Waals surface area contributed by atoms with Crippen LogP contribution in [0.15, 0.2) is 11.6 Å². The summed E-state index contributed by atoms with van der Waals surface area (Å²) in [7, 11) is 1.22. The first kappa shape index (κ1) is 19.5. The summed E-state index contributed by atoms with van der Waals surface area (Å²) in [4.78, 5) is 23.0. The molecule has 0 heterocycles. The molecule has 0 aromatic heterocycles. The number of esters is 1. The molecule has 23 heavy (non-hydrogen) atoms. The molecule has 0 saturated heterocycles. The summed E-state index contributed by atoms with van der Waals surface area (Å²) in [6.07, 6.45) is -0.816. The predicted molar refractivity (Wildman–Crippen MR) is 79.9 cm³/mol. The highest BCUT2D eigenvalue weighted by atomic mass is 19.3. The van der Waals surface area contributed by atoms with Crippen LogP contribution in [0.5, 0.6) is 0 Å². The number of nitrogens with two attached hydrogens (primary N) is 1. The van der Waals surface area contributed by atoms with E-state index in [0.717, 1.165) is 12.8 Å². The molecule has 0 spiro atoms. The summed E-state index contributed by atoms with van der Waals surface area (Å²) in [5.74, 6) is -2.01. The average molecular weight is 334 g/mol. The first-order valence-corrected chi connectivity index (χ1v) is 7.62. The smallest absolute Gasteiger partial charge is 0.333 e. The molecule has 0 fully saturated rings. The largest absolute Gasteiger partial charge is 0.466 e. The van der Waals surface area contributed by atoms with Crippen LogP contribution in [-0.2, 0) is 19.1 Å². The maximum atomic E-state index is 12.5. The summed E-state index contributed by atoms with van der Waals surface area (Å²) in [6.45, 7) is 3.90. The van der Waals surface area contributed by atoms with Crippen molar-refractivity contribution in [1.82, 2.24) is 5.32 Å². The molecule has 3 atom stereocenters. The molecular weight excluding hydrogens is 310 g/mol. The van der Waals surface area contributed by atoms with Gasteiger partial charge in [0, 0.05) is 12.0 Å². The number of rotatable bonds is 7. The van der Waals surface area contributed by atoms with Crippen LogP contribution in [0.2, 0.25) is 0 Å². The zero-order valence-electron chi connectivity index (χ0n) is 13.6. The molecule has 0 aromatic rings. The molecule has 0 aliphatic heterocycles. The highest BCUT2D eigenvalue weighted by molar-refractivity contribution is 5.89. The lowest BCUT2D eigenvalue weighted by atomic mass is 9.88. The maximum Gasteiger partial charge on any atom is 0.333 e. The first-order valence-electron chi connectivity index (χ1n) is 7.62. The van der Waals surface area contributed by atoms with Crippen molar-refractivity contribution < 1.29 is 27.8 Å². The Morgan fingerprint density at radius 1 is 1.39 bits per heavy atom. The van der Waals surface area contributed by atoms with Crippen LogP contribution in [0, 0.1) is 0 Å². The second kappa shape index (κ2) is 8.93. The number of hydrogen-bond acceptors (Lipinski definition) is 5. The minimum Gasteiger partial charge on any atom is -0.466 e. The number of amides is 1. The molecule has 1 amide bonds. The lowest BCUT2D eigenvalue weighted by Crippen LogP contribution is -2.57. The molecule has 1 rings (SSSR count). The van der Waals surface area contributed by atoms with Crippen LogP contribution in [-0.4, -0.2) is 49.7 Å². The fourth-order valence-electron chi connectivity index (χ4n) is 2.49. The SMILES string of the molecule is CCC(CC)O[C@@H]1C=C(C(=O)OC)C[C@H](NC(=O)C(F)F)[C@H]1N. The van der Waals surface area contributed by atoms with Crippen molar-refractivity contribution in [1.29, 1.82) is 0 Å². The fraction of sp³-hybridized carbons (Fsp3) is 0.733. The van der Waals surface area contributed by atoms with E-state index >= 15 is 0 Å². The minimum absolute atomic E-state index is 0.0229. The van der Waals surface area contributed by atoms with Gasteiger partial charge in [0.05, 0.1) is 31.4 Å². The zero-order valence-corrected chi connectivity index (χ0v) is 13.6. The van der Waals surface area contributed by atoms with Crippen molar-refractivity contribution >= 4 is 11.9 Å². The molecule has 1 aliphatic rings. The zero-order chi connectivity index (χ0) is 17.6. The van der Waals surface area contributed by atoms with Crippen LogP contribution in [0.1, 0.15) is 33.1 Å². The molecule has 6 nitrogen and oxygen atoms in total. The molecular formula is C15H24F2N2O4. The number of hydrogen-bond donors (Lipinski definition) is 2. The van der Waals surface area contributed by atoms with Crippen molar-refractivity contribution in [2.75, 3.05) is 7.11 Å². The van der Waals surface area contributed by atoms with Crippen molar-refractivity contribution in [3.63, 3.8) is 0 Å². The molecule has 3 N–H and O–H groups in total. The summed E-state index contributed by atoms with van der Waals surface area (Å²) >= 11 is 0. The number of methoxy groups -OCH3 is 1. The monoisotopic (exact) mass is 334 g/mol. The van der Waals surface area contributed by atoms with E-state index in [1.54, 1.807) is 6.08 Å². The van der Waals surface area contributed by atoms with E-state index in [2.05, 4.69) is 10.1 Å². The van der Waals surface area contributed by atoms with Crippen LogP contribution in [0.4, 0.5) is 8.78 Å². The van der Waals surface area contributed by atoms with E-state index in [-0.39, 0.29) is 18.1 Å². The Kier molecular flexibility index (Phi) is 7.57. The molecule has 0 unspecified atom stereocenters. The molecule has 132 valence electrons. The van der Waals surface area contributed by atoms with Gasteiger partial charge >= 0.3 is 12.4 Å². The highest BCUT2D eigenvalue weighted by Crippen LogP contribution is 2.24. The Balaban J connectivity index is 2.96. The number of carbonyl (C=O) groups excluding carboxylic acids is 2. The third kappa shape index (κ3) is 5.24. The van der Waals surface area contributed by atoms with Gasteiger partial charge in [-0.3, -0.25) is 4.79 Å². The van der Waals surface area contributed by atoms with E-state index < -0.39 is 36.5 Å². The Morgan fingerprint density at radius 2 is 2.00 bits per heavy atom. The number of alkyl halides is 2. The quantitative estimate of drug-likeness (QED) is 0.682. The number of halogens is 2. The summed E-state index contributed by atoms with van der Waals surface area (Å²) in [5.41, 5.74) is 6.31. The lowest BCUT2D eigenvalue weighted by Gasteiger charge is -2.36. The number of ether oxygens (including phenoxy) is 2. The van der Waals surface area contributed by atoms with Crippen LogP contribution < -0.4 is 11.1 Å². The molecule has 0 bridgehead atoms. The molecule has 1 aliphatic carbocycles. The number of carbonyl (C=O) groups is 2. The van der Waals surface area contributed by atoms with Crippen LogP contribution in [0.3, 0.4) is 0 Å². The van der Waals surface area contributed by atoms with Gasteiger partial charge in [-0.25, -0.2) is 4.79 Å². The van der Waals surface area contributed by atoms with Crippen LogP contribution >= 0.6 is 0 Å². The highest BCUT2D eigenvalue weighted by Gasteiger charge is 2.36. The fourth-order valence-corrected chi connectivity index (χ4v) is 2.49. The van der Waals surface area contributed by atoms with Gasteiger partial charge in [-0.15, -0.1) is 0 Å². The average Bonchev–Trinajstić information content (AvgIpc) is 2.54. The second-order valence-electron chi connectivity index (χ2n) is 5.42. The van der Waals surface area contributed by atoms with Gasteiger partial charge in [0.25, 0.3) is 5.91 Å². The van der Waals surface area contributed by atoms with E-state index in [0.29, 0.717) is 0 Å². The number of nitrogens with one attached hydrogen (secondary N) is 1. The van der Waals surface area contributed by atoms with E-state index in [1.807, 2.05) is 13.8 Å². The third-order valence-electron chi connectivity index (χ3n) is 3.88. The lowest BCUT2D eigenvalue weighted by molar-refractivity contribution is -0.137. The Labute approximate surface area is 134 Å². The van der Waals surface area contributed by atoms with E-state index in [4.69, 9.17) is 10.5 Å². The standard InChI is InChI=1S/C15H24F2N2O4/c1-4-9(5-2)23-11-7-8(15(21)22-3)6-10(12(11)18)19-14(20)13(16)17/h7,9-13H,4-6,18H2,1-3H3,(H,19,20)/t10-,11+,12+/m0/s1. The van der Waals surface area contributed by atoms with Crippen molar-refractivity contribution in [2.24, 2.45) is 5.73 Å². The van der Waals surface area contributed by atoms with Crippen molar-refractivity contribution in [2.45, 2.75) is 63.8 Å². The third-order valence-corrected chi connectivity index (χ3v) is 3.88. The van der Waals surface area contributed by atoms with E-state index in [9.17, 15) is 18.4 Å². The first-order chi connectivity index (χ1) is 10.8. The van der Waals surface area contributed by atoms with Crippen LogP contribution in [0.25, 0.3) is 0 Å². The molecule has 0 radical (unpaired) electrons. The molecule has 0 saturated carbocycles. The van der Waals surface area contributed by atoms with Gasteiger partial charge in [-0.05, 0) is 18.9 Å². The van der Waals surface area contributed by atoms with Gasteiger partial charge in [0.1, 0.15) is 0 Å². The normalized spacial score (nSPS) is 24.5. The topological polar surface area (TPSA) is 90.6 Å². The van der Waals surface area contributed by atoms with Gasteiger partial charge in [0.2, 0.25) is 0 Å². The predicted octanol–water partition coefficient (Wildman–Crippen LogP) is 1.14. The summed E-state index contributed by atoms with van der Waals surface area (Å²) in [5, 5.41) is 2.17. The van der Waals surface area contributed by atoms with E-state index in [1.165, 1.54) is 7.11 Å². The van der Waals surface area contributed by atoms with Crippen molar-refractivity contribution in [3.05, 3.63) is 11.6 Å². The summed E-state index contributed by atoms with van der Waals surface area (Å²) in [6, 6.07) is -1.55. The van der Waals surface area contributed by atoms with Gasteiger partial charge < -0.3 is 20.5 Å². The Hall–Kier alpha value is -1.54. The molecule has 0 aromatic carbocycles. The second-order valence-corrected chi connectivity index (χ2v) is 5.42. The maximum absolute atomic E-state index is 12.5. The minimum atomic E-state index is -3.15. The summed E-state index contributed by atoms with van der Waals surface area (Å²) < 4.78 is 35.4. The Bertz CT molecular complexity index is 453. The van der Waals surface area contributed by atoms with Gasteiger partial charge in [-0.2, -0.15) is 8.78 Å². The Morgan fingerprint density at radius 3 is 2.48 bits per heavy atom. The van der Waals surface area contributed by atoms with Crippen molar-refractivity contribution in [3.8, 4) is 0 Å². The van der Waals surface area contributed by atoms with Gasteiger partial charge in [0.15, 0.2) is 0 Å². The van der Waals surface area contributed by atoms with Gasteiger partial charge in [-0.1, -0.05) is 13.8 Å². The molecule has 8 heteroatoms.